The van der Waals surface area contributed by atoms with Crippen LogP contribution in [0, 0.1) is 5.92 Å². The van der Waals surface area contributed by atoms with Crippen molar-refractivity contribution in [1.82, 2.24) is 9.62 Å². The smallest absolute Gasteiger partial charge is 0.404 e. The van der Waals surface area contributed by atoms with E-state index in [0.717, 1.165) is 17.6 Å². The van der Waals surface area contributed by atoms with Crippen LogP contribution in [0.15, 0.2) is 101 Å². The molecular formula is C32H41N2O8PS. The van der Waals surface area contributed by atoms with Crippen LogP contribution in [-0.2, 0) is 31.4 Å². The lowest BCUT2D eigenvalue weighted by Gasteiger charge is -2.26. The van der Waals surface area contributed by atoms with Crippen molar-refractivity contribution in [3.05, 3.63) is 102 Å². The second-order valence-corrected chi connectivity index (χ2v) is 13.7. The number of nitrogens with one attached hydrogen (secondary N) is 1. The van der Waals surface area contributed by atoms with Gasteiger partial charge in [0.1, 0.15) is 16.7 Å². The van der Waals surface area contributed by atoms with E-state index in [2.05, 4.69) is 24.9 Å². The highest BCUT2D eigenvalue weighted by Crippen LogP contribution is 2.43. The van der Waals surface area contributed by atoms with Gasteiger partial charge in [0.25, 0.3) is 0 Å². The minimum absolute atomic E-state index is 0.0190. The monoisotopic (exact) mass is 644 g/mol. The molecule has 2 aromatic carbocycles. The van der Waals surface area contributed by atoms with Crippen molar-refractivity contribution >= 4 is 24.7 Å². The van der Waals surface area contributed by atoms with Gasteiger partial charge in [-0.3, -0.25) is 4.57 Å². The Bertz CT molecular complexity index is 1420. The summed E-state index contributed by atoms with van der Waals surface area (Å²) in [7, 11) is -3.88. The van der Waals surface area contributed by atoms with Crippen molar-refractivity contribution in [3.63, 3.8) is 0 Å². The molecule has 1 aliphatic carbocycles. The Morgan fingerprint density at radius 2 is 1.86 bits per heavy atom. The van der Waals surface area contributed by atoms with Crippen LogP contribution in [0.1, 0.15) is 38.7 Å². The molecule has 1 amide bonds. The third-order valence-corrected chi connectivity index (χ3v) is 9.34. The highest BCUT2D eigenvalue weighted by atomic mass is 32.2. The molecule has 3 unspecified atom stereocenters. The molecule has 0 saturated carbocycles. The molecule has 238 valence electrons. The molecule has 0 radical (unpaired) electrons. The van der Waals surface area contributed by atoms with Crippen molar-refractivity contribution in [1.29, 1.82) is 0 Å². The van der Waals surface area contributed by atoms with Gasteiger partial charge in [-0.1, -0.05) is 68.5 Å². The molecule has 0 aliphatic heterocycles. The molecule has 0 spiro atoms. The number of hydrogen-bond donors (Lipinski definition) is 3. The summed E-state index contributed by atoms with van der Waals surface area (Å²) >= 11 is 0. The highest BCUT2D eigenvalue weighted by molar-refractivity contribution is 7.82. The average Bonchev–Trinajstić information content (AvgIpc) is 3.25. The van der Waals surface area contributed by atoms with E-state index >= 15 is 0 Å². The highest BCUT2D eigenvalue weighted by Gasteiger charge is 2.23. The van der Waals surface area contributed by atoms with Crippen molar-refractivity contribution < 1.29 is 37.6 Å². The molecule has 10 nitrogen and oxygen atoms in total. The Labute approximate surface area is 261 Å². The van der Waals surface area contributed by atoms with E-state index in [-0.39, 0.29) is 12.4 Å². The summed E-state index contributed by atoms with van der Waals surface area (Å²) in [5, 5.41) is 12.1. The predicted octanol–water partition coefficient (Wildman–Crippen LogP) is 6.39. The first kappa shape index (κ1) is 35.1. The lowest BCUT2D eigenvalue weighted by molar-refractivity contribution is 0.188. The van der Waals surface area contributed by atoms with Gasteiger partial charge in [0.15, 0.2) is 12.1 Å². The van der Waals surface area contributed by atoms with Crippen molar-refractivity contribution in [2.24, 2.45) is 5.92 Å². The Morgan fingerprint density at radius 1 is 1.14 bits per heavy atom. The normalized spacial score (nSPS) is 16.2. The van der Waals surface area contributed by atoms with Crippen LogP contribution in [0.2, 0.25) is 0 Å². The van der Waals surface area contributed by atoms with E-state index in [1.165, 1.54) is 0 Å². The zero-order valence-corrected chi connectivity index (χ0v) is 27.0. The first-order chi connectivity index (χ1) is 21.1. The Kier molecular flexibility index (Phi) is 14.1. The maximum absolute atomic E-state index is 13.5. The number of benzene rings is 2. The largest absolute Gasteiger partial charge is 0.497 e. The molecule has 3 rings (SSSR count). The van der Waals surface area contributed by atoms with E-state index in [1.807, 2.05) is 22.5 Å². The topological polar surface area (TPSA) is 135 Å². The summed E-state index contributed by atoms with van der Waals surface area (Å²) in [6.45, 7) is 5.15. The van der Waals surface area contributed by atoms with Gasteiger partial charge in [-0.15, -0.1) is 0 Å². The third-order valence-electron chi connectivity index (χ3n) is 6.88. The molecule has 0 saturated heterocycles. The van der Waals surface area contributed by atoms with Gasteiger partial charge in [0.05, 0.1) is 18.6 Å². The van der Waals surface area contributed by atoms with Crippen LogP contribution in [0.25, 0.3) is 0 Å². The number of rotatable bonds is 18. The first-order valence-corrected chi connectivity index (χ1v) is 17.2. The van der Waals surface area contributed by atoms with Crippen molar-refractivity contribution in [2.75, 3.05) is 26.5 Å². The molecule has 44 heavy (non-hydrogen) atoms. The van der Waals surface area contributed by atoms with E-state index in [0.29, 0.717) is 42.5 Å². The Hall–Kier alpha value is -3.43. The van der Waals surface area contributed by atoms with Gasteiger partial charge < -0.3 is 29.3 Å². The lowest BCUT2D eigenvalue weighted by Crippen LogP contribution is -2.39. The molecule has 12 heteroatoms. The van der Waals surface area contributed by atoms with Crippen LogP contribution < -0.4 is 10.1 Å². The molecule has 4 atom stereocenters. The van der Waals surface area contributed by atoms with Gasteiger partial charge in [-0.05, 0) is 66.3 Å². The molecule has 0 heterocycles. The number of hydrogen-bond acceptors (Lipinski definition) is 6. The number of amides is 1. The van der Waals surface area contributed by atoms with Crippen LogP contribution in [-0.4, -0.2) is 57.2 Å². The fraction of sp³-hybridized carbons (Fsp3) is 0.375. The number of allylic oxidation sites excluding steroid dienone is 3. The van der Waals surface area contributed by atoms with Crippen molar-refractivity contribution in [2.45, 2.75) is 50.7 Å². The number of nitrogens with zero attached hydrogens (tertiary/aromatic N) is 1. The summed E-state index contributed by atoms with van der Waals surface area (Å²) in [5.74, 6) is 1.21. The van der Waals surface area contributed by atoms with Crippen LogP contribution >= 0.6 is 7.60 Å². The van der Waals surface area contributed by atoms with Gasteiger partial charge in [-0.25, -0.2) is 13.3 Å². The summed E-state index contributed by atoms with van der Waals surface area (Å²) < 4.78 is 43.7. The van der Waals surface area contributed by atoms with E-state index in [9.17, 15) is 23.6 Å². The molecule has 0 bridgehead atoms. The SMILES string of the molecule is CCC(C)CN(CC[C@H](CC1=CC=C=C(OCP(=O)(O)OCc2ccccc2)C=C1)NC(=O)O)S(=O)c1ccc(OC)cc1. The summed E-state index contributed by atoms with van der Waals surface area (Å²) in [5.41, 5.74) is 4.48. The van der Waals surface area contributed by atoms with Gasteiger partial charge in [-0.2, -0.15) is 0 Å². The summed E-state index contributed by atoms with van der Waals surface area (Å²) in [4.78, 5) is 22.5. The standard InChI is InChI=1S/C32H41N2O8PS/c1-4-25(2)22-34(44(39)31-17-15-29(40-3)16-18-31)20-19-28(33-32(35)36)21-26-11-8-12-30(14-13-26)41-24-43(37,38)42-23-27-9-6-5-7-10-27/h5-11,13-18,25,28,33H,4,19-24H2,1-3H3,(H,35,36)(H,37,38)/t25?,28-,44?/m1/s1. The fourth-order valence-corrected chi connectivity index (χ4v) is 6.28. The van der Waals surface area contributed by atoms with Crippen LogP contribution in [0.4, 0.5) is 4.79 Å². The maximum Gasteiger partial charge on any atom is 0.404 e. The summed E-state index contributed by atoms with van der Waals surface area (Å²) in [6.07, 6.45) is 6.76. The fourth-order valence-electron chi connectivity index (χ4n) is 4.23. The Balaban J connectivity index is 1.59. The lowest BCUT2D eigenvalue weighted by atomic mass is 10.0. The maximum atomic E-state index is 13.5. The molecular weight excluding hydrogens is 603 g/mol. The summed E-state index contributed by atoms with van der Waals surface area (Å²) in [6, 6.07) is 15.7. The quantitative estimate of drug-likeness (QED) is 0.126. The number of ether oxygens (including phenoxy) is 2. The first-order valence-electron chi connectivity index (χ1n) is 14.4. The van der Waals surface area contributed by atoms with Gasteiger partial charge >= 0.3 is 13.7 Å². The molecule has 1 aliphatic rings. The number of carbonyl (C=O) groups is 1. The Morgan fingerprint density at radius 3 is 2.52 bits per heavy atom. The van der Waals surface area contributed by atoms with E-state index < -0.39 is 37.1 Å². The zero-order valence-electron chi connectivity index (χ0n) is 25.3. The van der Waals surface area contributed by atoms with E-state index in [1.54, 1.807) is 67.8 Å². The predicted molar refractivity (Wildman–Crippen MR) is 170 cm³/mol. The number of methoxy groups -OCH3 is 1. The van der Waals surface area contributed by atoms with Crippen LogP contribution in [0.3, 0.4) is 0 Å². The minimum Gasteiger partial charge on any atom is -0.497 e. The average molecular weight is 645 g/mol. The van der Waals surface area contributed by atoms with Crippen LogP contribution in [0.5, 0.6) is 5.75 Å². The molecule has 0 fully saturated rings. The minimum atomic E-state index is -4.02. The molecule has 0 aromatic heterocycles. The van der Waals surface area contributed by atoms with Gasteiger partial charge in [0, 0.05) is 19.1 Å². The zero-order chi connectivity index (χ0) is 32.0. The second kappa shape index (κ2) is 17.8. The van der Waals surface area contributed by atoms with Gasteiger partial charge in [0.2, 0.25) is 0 Å². The van der Waals surface area contributed by atoms with E-state index in [4.69, 9.17) is 14.0 Å². The van der Waals surface area contributed by atoms with Crippen molar-refractivity contribution in [3.8, 4) is 5.75 Å². The number of carboxylic acid groups (broad SMARTS) is 1. The third kappa shape index (κ3) is 12.3. The molecule has 2 aromatic rings. The molecule has 3 N–H and O–H groups in total. The second-order valence-electron chi connectivity index (χ2n) is 10.4.